The molecule has 3 aromatic rings. The molecule has 1 aliphatic carbocycles. The number of aromatic nitrogens is 2. The van der Waals surface area contributed by atoms with Gasteiger partial charge >= 0.3 is 0 Å². The van der Waals surface area contributed by atoms with Crippen molar-refractivity contribution in [2.75, 3.05) is 26.7 Å². The molecule has 2 aromatic carbocycles. The van der Waals surface area contributed by atoms with Gasteiger partial charge in [0.1, 0.15) is 0 Å². The fraction of sp³-hybridized carbons (Fsp3) is 0.400. The lowest BCUT2D eigenvalue weighted by Crippen LogP contribution is -2.44. The summed E-state index contributed by atoms with van der Waals surface area (Å²) in [6, 6.07) is 15.5. The lowest BCUT2D eigenvalue weighted by molar-refractivity contribution is 0.190. The van der Waals surface area contributed by atoms with Crippen LogP contribution in [0.3, 0.4) is 0 Å². The minimum Gasteiger partial charge on any atom is -0.339 e. The molecule has 26 heavy (non-hydrogen) atoms. The Kier molecular flexibility index (Phi) is 4.69. The van der Waals surface area contributed by atoms with Crippen molar-refractivity contribution in [3.8, 4) is 0 Å². The van der Waals surface area contributed by atoms with Crippen LogP contribution in [0.5, 0.6) is 0 Å². The van der Waals surface area contributed by atoms with Crippen molar-refractivity contribution in [1.29, 1.82) is 0 Å². The van der Waals surface area contributed by atoms with Crippen LogP contribution in [0.1, 0.15) is 41.6 Å². The van der Waals surface area contributed by atoms with Crippen molar-refractivity contribution in [2.24, 2.45) is 0 Å². The van der Waals surface area contributed by atoms with Gasteiger partial charge in [-0.05, 0) is 35.7 Å². The minimum atomic E-state index is 0. The highest BCUT2D eigenvalue weighted by Crippen LogP contribution is 2.54. The summed E-state index contributed by atoms with van der Waals surface area (Å²) in [5, 5.41) is 10.3. The molecule has 2 fully saturated rings. The maximum Gasteiger partial charge on any atom is 0.230 e. The number of fused-ring (bicyclic) bond motifs is 1. The Morgan fingerprint density at radius 3 is 2.81 bits per heavy atom. The molecule has 3 atom stereocenters. The molecule has 1 saturated carbocycles. The number of likely N-dealkylation sites (N-methyl/N-ethyl adjacent to an activating group) is 1. The van der Waals surface area contributed by atoms with Gasteiger partial charge in [-0.2, -0.15) is 4.98 Å². The summed E-state index contributed by atoms with van der Waals surface area (Å²) in [7, 11) is 2.12. The predicted octanol–water partition coefficient (Wildman–Crippen LogP) is 3.49. The zero-order valence-electron chi connectivity index (χ0n) is 14.8. The molecule has 0 bridgehead atoms. The van der Waals surface area contributed by atoms with Crippen molar-refractivity contribution in [3.63, 3.8) is 0 Å². The lowest BCUT2D eigenvalue weighted by Gasteiger charge is -2.30. The van der Waals surface area contributed by atoms with E-state index in [9.17, 15) is 0 Å². The molecule has 1 aromatic heterocycles. The maximum absolute atomic E-state index is 5.61. The van der Waals surface area contributed by atoms with Gasteiger partial charge in [0.2, 0.25) is 5.89 Å². The molecule has 5 rings (SSSR count). The van der Waals surface area contributed by atoms with Crippen LogP contribution in [0, 0.1) is 0 Å². The number of hydrogen-bond donors (Lipinski definition) is 1. The minimum absolute atomic E-state index is 0. The SMILES string of the molecule is CN1CCNCC1c1noc(C2CC2c2ccc3ccccc3c2)n1.Cl. The highest BCUT2D eigenvalue weighted by atomic mass is 35.5. The average molecular weight is 371 g/mol. The maximum atomic E-state index is 5.61. The molecule has 6 heteroatoms. The summed E-state index contributed by atoms with van der Waals surface area (Å²) < 4.78 is 5.61. The van der Waals surface area contributed by atoms with E-state index in [4.69, 9.17) is 9.51 Å². The van der Waals surface area contributed by atoms with Gasteiger partial charge in [-0.3, -0.25) is 4.90 Å². The Labute approximate surface area is 159 Å². The number of hydrogen-bond acceptors (Lipinski definition) is 5. The molecular formula is C20H23ClN4O. The van der Waals surface area contributed by atoms with Crippen molar-refractivity contribution >= 4 is 23.2 Å². The Balaban J connectivity index is 0.00000168. The smallest absolute Gasteiger partial charge is 0.230 e. The summed E-state index contributed by atoms with van der Waals surface area (Å²) in [6.45, 7) is 2.91. The lowest BCUT2D eigenvalue weighted by atomic mass is 10.0. The van der Waals surface area contributed by atoms with E-state index in [1.54, 1.807) is 0 Å². The second kappa shape index (κ2) is 6.99. The molecule has 1 N–H and O–H groups in total. The van der Waals surface area contributed by atoms with Gasteiger partial charge in [0.05, 0.1) is 6.04 Å². The van der Waals surface area contributed by atoms with E-state index in [0.717, 1.165) is 37.8 Å². The van der Waals surface area contributed by atoms with Gasteiger partial charge in [0.15, 0.2) is 5.82 Å². The summed E-state index contributed by atoms with van der Waals surface area (Å²) in [5.41, 5.74) is 1.37. The summed E-state index contributed by atoms with van der Waals surface area (Å²) >= 11 is 0. The van der Waals surface area contributed by atoms with E-state index in [1.165, 1.54) is 16.3 Å². The van der Waals surface area contributed by atoms with Crippen LogP contribution >= 0.6 is 12.4 Å². The predicted molar refractivity (Wildman–Crippen MR) is 104 cm³/mol. The van der Waals surface area contributed by atoms with Gasteiger partial charge < -0.3 is 9.84 Å². The first-order valence-electron chi connectivity index (χ1n) is 9.03. The Bertz CT molecular complexity index is 911. The first-order chi connectivity index (χ1) is 12.3. The third kappa shape index (κ3) is 3.11. The molecule has 136 valence electrons. The summed E-state index contributed by atoms with van der Waals surface area (Å²) in [6.07, 6.45) is 1.10. The molecular weight excluding hydrogens is 348 g/mol. The number of rotatable bonds is 3. The quantitative estimate of drug-likeness (QED) is 0.764. The zero-order valence-corrected chi connectivity index (χ0v) is 15.6. The van der Waals surface area contributed by atoms with Gasteiger partial charge in [0.25, 0.3) is 0 Å². The van der Waals surface area contributed by atoms with Crippen molar-refractivity contribution in [1.82, 2.24) is 20.4 Å². The van der Waals surface area contributed by atoms with Crippen LogP contribution in [0.4, 0.5) is 0 Å². The van der Waals surface area contributed by atoms with E-state index < -0.39 is 0 Å². The third-order valence-electron chi connectivity index (χ3n) is 5.58. The second-order valence-corrected chi connectivity index (χ2v) is 7.25. The van der Waals surface area contributed by atoms with E-state index in [0.29, 0.717) is 11.8 Å². The van der Waals surface area contributed by atoms with Crippen LogP contribution < -0.4 is 5.32 Å². The molecule has 0 amide bonds. The van der Waals surface area contributed by atoms with Crippen LogP contribution in [-0.2, 0) is 0 Å². The molecule has 1 aliphatic heterocycles. The number of piperazine rings is 1. The highest BCUT2D eigenvalue weighted by molar-refractivity contribution is 5.85. The van der Waals surface area contributed by atoms with Crippen molar-refractivity contribution in [2.45, 2.75) is 24.3 Å². The first kappa shape index (κ1) is 17.5. The molecule has 2 aliphatic rings. The summed E-state index contributed by atoms with van der Waals surface area (Å²) in [4.78, 5) is 7.02. The molecule has 2 heterocycles. The Morgan fingerprint density at radius 2 is 1.96 bits per heavy atom. The standard InChI is InChI=1S/C20H22N4O.ClH/c1-24-9-8-21-12-18(24)19-22-20(25-23-19)17-11-16(17)15-7-6-13-4-2-3-5-14(13)10-15;/h2-7,10,16-18,21H,8-9,11-12H2,1H3;1H. The van der Waals surface area contributed by atoms with E-state index >= 15 is 0 Å². The van der Waals surface area contributed by atoms with Crippen LogP contribution in [0.15, 0.2) is 47.0 Å². The van der Waals surface area contributed by atoms with Crippen LogP contribution in [-0.4, -0.2) is 41.7 Å². The van der Waals surface area contributed by atoms with Crippen molar-refractivity contribution < 1.29 is 4.52 Å². The number of benzene rings is 2. The third-order valence-corrected chi connectivity index (χ3v) is 5.58. The topological polar surface area (TPSA) is 54.2 Å². The molecule has 5 nitrogen and oxygen atoms in total. The second-order valence-electron chi connectivity index (χ2n) is 7.25. The first-order valence-corrected chi connectivity index (χ1v) is 9.03. The largest absolute Gasteiger partial charge is 0.339 e. The Morgan fingerprint density at radius 1 is 1.12 bits per heavy atom. The summed E-state index contributed by atoms with van der Waals surface area (Å²) in [5.74, 6) is 2.48. The molecule has 0 spiro atoms. The van der Waals surface area contributed by atoms with Gasteiger partial charge in [-0.1, -0.05) is 47.6 Å². The van der Waals surface area contributed by atoms with Crippen molar-refractivity contribution in [3.05, 3.63) is 59.7 Å². The normalized spacial score (nSPS) is 25.8. The molecule has 0 radical (unpaired) electrons. The Hall–Kier alpha value is -1.95. The van der Waals surface area contributed by atoms with E-state index in [-0.39, 0.29) is 18.4 Å². The highest BCUT2D eigenvalue weighted by Gasteiger charge is 2.44. The van der Waals surface area contributed by atoms with Gasteiger partial charge in [0, 0.05) is 25.6 Å². The fourth-order valence-electron chi connectivity index (χ4n) is 3.90. The average Bonchev–Trinajstić information content (AvgIpc) is 3.31. The van der Waals surface area contributed by atoms with E-state index in [2.05, 4.69) is 64.9 Å². The molecule has 1 saturated heterocycles. The fourth-order valence-corrected chi connectivity index (χ4v) is 3.90. The van der Waals surface area contributed by atoms with E-state index in [1.807, 2.05) is 0 Å². The number of halogens is 1. The number of nitrogens with one attached hydrogen (secondary N) is 1. The molecule has 3 unspecified atom stereocenters. The van der Waals surface area contributed by atoms with Gasteiger partial charge in [-0.15, -0.1) is 12.4 Å². The monoisotopic (exact) mass is 370 g/mol. The number of nitrogens with zero attached hydrogens (tertiary/aromatic N) is 3. The zero-order chi connectivity index (χ0) is 16.8. The van der Waals surface area contributed by atoms with Crippen LogP contribution in [0.2, 0.25) is 0 Å². The van der Waals surface area contributed by atoms with Gasteiger partial charge in [-0.25, -0.2) is 0 Å². The van der Waals surface area contributed by atoms with Crippen LogP contribution in [0.25, 0.3) is 10.8 Å².